The number of fused-ring (bicyclic) bond motifs is 1. The third-order valence-corrected chi connectivity index (χ3v) is 4.40. The molecular weight excluding hydrogens is 278 g/mol. The second-order valence-corrected chi connectivity index (χ2v) is 5.65. The summed E-state index contributed by atoms with van der Waals surface area (Å²) in [6.45, 7) is 0. The normalized spacial score (nSPS) is 11.0. The molecule has 19 heavy (non-hydrogen) atoms. The van der Waals surface area contributed by atoms with E-state index < -0.39 is 0 Å². The smallest absolute Gasteiger partial charge is 0.0662 e. The van der Waals surface area contributed by atoms with E-state index in [0.29, 0.717) is 0 Å². The molecule has 0 aliphatic rings. The highest BCUT2D eigenvalue weighted by atomic mass is 35.5. The lowest BCUT2D eigenvalue weighted by molar-refractivity contribution is 1.12. The molecule has 0 unspecified atom stereocenters. The van der Waals surface area contributed by atoms with E-state index in [1.807, 2.05) is 36.4 Å². The van der Waals surface area contributed by atoms with Gasteiger partial charge in [0.25, 0.3) is 0 Å². The number of nitrogens with one attached hydrogen (secondary N) is 1. The van der Waals surface area contributed by atoms with Gasteiger partial charge in [-0.15, -0.1) is 11.8 Å². The third kappa shape index (κ3) is 2.55. The molecule has 1 aromatic heterocycles. The topological polar surface area (TPSA) is 54.7 Å². The van der Waals surface area contributed by atoms with Crippen LogP contribution in [-0.2, 0) is 5.75 Å². The first-order valence-electron chi connectivity index (χ1n) is 5.83. The SMILES string of the molecule is Nc1cc2cn[nH]c2cc1SCc1ccccc1Cl. The number of hydrogen-bond donors (Lipinski definition) is 2. The Morgan fingerprint density at radius 2 is 2.11 bits per heavy atom. The van der Waals surface area contributed by atoms with Crippen LogP contribution in [0.1, 0.15) is 5.56 Å². The number of nitrogens with zero attached hydrogens (tertiary/aromatic N) is 1. The van der Waals surface area contributed by atoms with Gasteiger partial charge in [-0.2, -0.15) is 5.10 Å². The predicted molar refractivity (Wildman–Crippen MR) is 81.5 cm³/mol. The number of aromatic amines is 1. The van der Waals surface area contributed by atoms with Crippen molar-refractivity contribution >= 4 is 40.0 Å². The number of hydrogen-bond acceptors (Lipinski definition) is 3. The van der Waals surface area contributed by atoms with Gasteiger partial charge in [-0.3, -0.25) is 5.10 Å². The van der Waals surface area contributed by atoms with E-state index in [2.05, 4.69) is 10.2 Å². The van der Waals surface area contributed by atoms with Crippen LogP contribution in [0.5, 0.6) is 0 Å². The van der Waals surface area contributed by atoms with Gasteiger partial charge in [0.1, 0.15) is 0 Å². The molecule has 96 valence electrons. The molecule has 2 aromatic carbocycles. The van der Waals surface area contributed by atoms with E-state index >= 15 is 0 Å². The Hall–Kier alpha value is -1.65. The quantitative estimate of drug-likeness (QED) is 0.564. The maximum Gasteiger partial charge on any atom is 0.0662 e. The lowest BCUT2D eigenvalue weighted by atomic mass is 10.2. The van der Waals surface area contributed by atoms with E-state index in [4.69, 9.17) is 17.3 Å². The fraction of sp³-hybridized carbons (Fsp3) is 0.0714. The van der Waals surface area contributed by atoms with Gasteiger partial charge in [-0.1, -0.05) is 29.8 Å². The summed E-state index contributed by atoms with van der Waals surface area (Å²) >= 11 is 7.82. The van der Waals surface area contributed by atoms with Gasteiger partial charge in [0.2, 0.25) is 0 Å². The Labute approximate surface area is 120 Å². The predicted octanol–water partition coefficient (Wildman–Crippen LogP) is 4.09. The van der Waals surface area contributed by atoms with Crippen LogP contribution in [0.25, 0.3) is 10.9 Å². The summed E-state index contributed by atoms with van der Waals surface area (Å²) in [5, 5.41) is 8.77. The maximum absolute atomic E-state index is 6.15. The zero-order valence-corrected chi connectivity index (χ0v) is 11.6. The van der Waals surface area contributed by atoms with Gasteiger partial charge in [0.05, 0.1) is 11.7 Å². The van der Waals surface area contributed by atoms with Crippen LogP contribution in [-0.4, -0.2) is 10.2 Å². The molecule has 0 spiro atoms. The molecule has 0 radical (unpaired) electrons. The number of H-pyrrole nitrogens is 1. The Bertz CT molecular complexity index is 724. The van der Waals surface area contributed by atoms with Gasteiger partial charge in [-0.05, 0) is 23.8 Å². The first-order valence-corrected chi connectivity index (χ1v) is 7.19. The molecular formula is C14H12ClN3S. The van der Waals surface area contributed by atoms with Crippen molar-refractivity contribution in [3.8, 4) is 0 Å². The highest BCUT2D eigenvalue weighted by molar-refractivity contribution is 7.98. The van der Waals surface area contributed by atoms with Crippen LogP contribution in [0.15, 0.2) is 47.5 Å². The summed E-state index contributed by atoms with van der Waals surface area (Å²) in [4.78, 5) is 1.04. The van der Waals surface area contributed by atoms with Gasteiger partial charge in [-0.25, -0.2) is 0 Å². The lowest BCUT2D eigenvalue weighted by Crippen LogP contribution is -1.89. The van der Waals surface area contributed by atoms with E-state index in [9.17, 15) is 0 Å². The summed E-state index contributed by atoms with van der Waals surface area (Å²) in [5.41, 5.74) is 8.93. The zero-order chi connectivity index (χ0) is 13.2. The van der Waals surface area contributed by atoms with Crippen molar-refractivity contribution < 1.29 is 0 Å². The molecule has 0 aliphatic heterocycles. The average Bonchev–Trinajstić information content (AvgIpc) is 2.84. The van der Waals surface area contributed by atoms with Gasteiger partial charge >= 0.3 is 0 Å². The number of anilines is 1. The summed E-state index contributed by atoms with van der Waals surface area (Å²) in [5.74, 6) is 0.795. The van der Waals surface area contributed by atoms with Crippen molar-refractivity contribution in [1.82, 2.24) is 10.2 Å². The molecule has 0 aliphatic carbocycles. The number of rotatable bonds is 3. The molecule has 0 fully saturated rings. The molecule has 3 aromatic rings. The van der Waals surface area contributed by atoms with Crippen molar-refractivity contribution in [2.75, 3.05) is 5.73 Å². The Morgan fingerprint density at radius 3 is 2.95 bits per heavy atom. The van der Waals surface area contributed by atoms with E-state index in [1.165, 1.54) is 0 Å². The minimum Gasteiger partial charge on any atom is -0.398 e. The van der Waals surface area contributed by atoms with E-state index in [1.54, 1.807) is 18.0 Å². The highest BCUT2D eigenvalue weighted by Gasteiger charge is 2.06. The number of nitrogens with two attached hydrogens (primary N) is 1. The van der Waals surface area contributed by atoms with Crippen molar-refractivity contribution in [3.05, 3.63) is 53.2 Å². The van der Waals surface area contributed by atoms with Gasteiger partial charge in [0, 0.05) is 26.7 Å². The molecule has 0 amide bonds. The first-order chi connectivity index (χ1) is 9.24. The standard InChI is InChI=1S/C14H12ClN3S/c15-11-4-2-1-3-9(11)8-19-14-6-13-10(5-12(14)16)7-17-18-13/h1-7H,8,16H2,(H,17,18). The second-order valence-electron chi connectivity index (χ2n) is 4.23. The molecule has 3 rings (SSSR count). The van der Waals surface area contributed by atoms with Crippen LogP contribution < -0.4 is 5.73 Å². The number of aromatic nitrogens is 2. The molecule has 3 N–H and O–H groups in total. The van der Waals surface area contributed by atoms with Crippen LogP contribution in [0.2, 0.25) is 5.02 Å². The number of nitrogen functional groups attached to an aromatic ring is 1. The molecule has 1 heterocycles. The fourth-order valence-electron chi connectivity index (χ4n) is 1.89. The average molecular weight is 290 g/mol. The van der Waals surface area contributed by atoms with Crippen LogP contribution in [0, 0.1) is 0 Å². The number of benzene rings is 2. The third-order valence-electron chi connectivity index (χ3n) is 2.91. The number of halogens is 1. The summed E-state index contributed by atoms with van der Waals surface area (Å²) in [6.07, 6.45) is 1.77. The van der Waals surface area contributed by atoms with Crippen LogP contribution >= 0.6 is 23.4 Å². The van der Waals surface area contributed by atoms with E-state index in [-0.39, 0.29) is 0 Å². The molecule has 5 heteroatoms. The van der Waals surface area contributed by atoms with Gasteiger partial charge < -0.3 is 5.73 Å². The summed E-state index contributed by atoms with van der Waals surface area (Å²) in [6, 6.07) is 11.8. The van der Waals surface area contributed by atoms with Crippen molar-refractivity contribution in [2.45, 2.75) is 10.6 Å². The minimum atomic E-state index is 0.769. The molecule has 3 nitrogen and oxygen atoms in total. The lowest BCUT2D eigenvalue weighted by Gasteiger charge is -2.07. The van der Waals surface area contributed by atoms with Gasteiger partial charge in [0.15, 0.2) is 0 Å². The minimum absolute atomic E-state index is 0.769. The molecule has 0 bridgehead atoms. The maximum atomic E-state index is 6.15. The molecule has 0 saturated carbocycles. The fourth-order valence-corrected chi connectivity index (χ4v) is 3.16. The summed E-state index contributed by atoms with van der Waals surface area (Å²) < 4.78 is 0. The Balaban J connectivity index is 1.85. The largest absolute Gasteiger partial charge is 0.398 e. The number of thioether (sulfide) groups is 1. The summed E-state index contributed by atoms with van der Waals surface area (Å²) in [7, 11) is 0. The zero-order valence-electron chi connectivity index (χ0n) is 10.1. The monoisotopic (exact) mass is 289 g/mol. The van der Waals surface area contributed by atoms with Crippen molar-refractivity contribution in [3.63, 3.8) is 0 Å². The molecule has 0 saturated heterocycles. The van der Waals surface area contributed by atoms with E-state index in [0.717, 1.165) is 37.8 Å². The second kappa shape index (κ2) is 5.15. The highest BCUT2D eigenvalue weighted by Crippen LogP contribution is 2.32. The Morgan fingerprint density at radius 1 is 1.26 bits per heavy atom. The van der Waals surface area contributed by atoms with Crippen LogP contribution in [0.4, 0.5) is 5.69 Å². The first kappa shape index (κ1) is 12.4. The van der Waals surface area contributed by atoms with Crippen molar-refractivity contribution in [1.29, 1.82) is 0 Å². The van der Waals surface area contributed by atoms with Crippen molar-refractivity contribution in [2.24, 2.45) is 0 Å². The van der Waals surface area contributed by atoms with Crippen LogP contribution in [0.3, 0.4) is 0 Å². The Kier molecular flexibility index (Phi) is 3.36. The molecule has 0 atom stereocenters.